The SMILES string of the molecule is CC.CC.Cc1ccc(-c2noc(COCC(F)(F)F)n2)cc1N. The number of aromatic nitrogens is 2. The third kappa shape index (κ3) is 7.45. The zero-order chi connectivity index (χ0) is 18.8. The smallest absolute Gasteiger partial charge is 0.398 e. The van der Waals surface area contributed by atoms with E-state index in [0.717, 1.165) is 5.56 Å². The molecule has 0 saturated heterocycles. The summed E-state index contributed by atoms with van der Waals surface area (Å²) in [5.41, 5.74) is 7.86. The lowest BCUT2D eigenvalue weighted by Crippen LogP contribution is -2.16. The molecule has 2 rings (SSSR count). The van der Waals surface area contributed by atoms with Gasteiger partial charge < -0.3 is 15.0 Å². The number of ether oxygens (including phenoxy) is 1. The van der Waals surface area contributed by atoms with Gasteiger partial charge in [0.2, 0.25) is 5.82 Å². The number of nitrogens with two attached hydrogens (primary N) is 1. The first-order chi connectivity index (χ1) is 11.3. The van der Waals surface area contributed by atoms with Gasteiger partial charge in [0.1, 0.15) is 13.2 Å². The van der Waals surface area contributed by atoms with Crippen LogP contribution >= 0.6 is 0 Å². The average molecular weight is 347 g/mol. The van der Waals surface area contributed by atoms with Gasteiger partial charge >= 0.3 is 6.18 Å². The number of alkyl halides is 3. The Bertz CT molecular complexity index is 598. The number of halogens is 3. The Hall–Kier alpha value is -2.09. The van der Waals surface area contributed by atoms with Crippen molar-refractivity contribution in [3.8, 4) is 11.4 Å². The third-order valence-electron chi connectivity index (χ3n) is 2.50. The summed E-state index contributed by atoms with van der Waals surface area (Å²) >= 11 is 0. The molecule has 0 spiro atoms. The highest BCUT2D eigenvalue weighted by molar-refractivity contribution is 5.63. The lowest BCUT2D eigenvalue weighted by molar-refractivity contribution is -0.178. The van der Waals surface area contributed by atoms with Crippen LogP contribution in [0.4, 0.5) is 18.9 Å². The molecule has 1 aromatic heterocycles. The van der Waals surface area contributed by atoms with E-state index < -0.39 is 19.4 Å². The Labute approximate surface area is 140 Å². The summed E-state index contributed by atoms with van der Waals surface area (Å²) in [6.07, 6.45) is -4.38. The number of nitrogens with zero attached hydrogens (tertiary/aromatic N) is 2. The second-order valence-electron chi connectivity index (χ2n) is 4.19. The van der Waals surface area contributed by atoms with Crippen LogP contribution in [0, 0.1) is 6.92 Å². The molecule has 0 fully saturated rings. The van der Waals surface area contributed by atoms with Crippen molar-refractivity contribution in [2.45, 2.75) is 47.4 Å². The van der Waals surface area contributed by atoms with Gasteiger partial charge in [-0.25, -0.2) is 0 Å². The number of rotatable bonds is 4. The van der Waals surface area contributed by atoms with E-state index in [4.69, 9.17) is 10.3 Å². The van der Waals surface area contributed by atoms with Crippen molar-refractivity contribution in [2.24, 2.45) is 0 Å². The Morgan fingerprint density at radius 2 is 1.79 bits per heavy atom. The lowest BCUT2D eigenvalue weighted by atomic mass is 10.1. The fraction of sp³-hybridized carbons (Fsp3) is 0.500. The summed E-state index contributed by atoms with van der Waals surface area (Å²) in [5.74, 6) is 0.228. The highest BCUT2D eigenvalue weighted by Crippen LogP contribution is 2.21. The topological polar surface area (TPSA) is 74.2 Å². The van der Waals surface area contributed by atoms with Crippen LogP contribution in [0.5, 0.6) is 0 Å². The highest BCUT2D eigenvalue weighted by Gasteiger charge is 2.27. The summed E-state index contributed by atoms with van der Waals surface area (Å²) in [7, 11) is 0. The number of hydrogen-bond donors (Lipinski definition) is 1. The van der Waals surface area contributed by atoms with Crippen molar-refractivity contribution in [3.05, 3.63) is 29.7 Å². The number of aryl methyl sites for hydroxylation is 1. The molecule has 2 N–H and O–H groups in total. The molecular weight excluding hydrogens is 323 g/mol. The molecule has 1 aromatic carbocycles. The first-order valence-electron chi connectivity index (χ1n) is 7.69. The minimum atomic E-state index is -4.38. The number of nitrogen functional groups attached to an aromatic ring is 1. The number of hydrogen-bond acceptors (Lipinski definition) is 5. The minimum Gasteiger partial charge on any atom is -0.398 e. The molecule has 5 nitrogen and oxygen atoms in total. The van der Waals surface area contributed by atoms with Gasteiger partial charge in [-0.15, -0.1) is 0 Å². The van der Waals surface area contributed by atoms with Crippen LogP contribution in [0.2, 0.25) is 0 Å². The van der Waals surface area contributed by atoms with Crippen molar-refractivity contribution >= 4 is 5.69 Å². The second-order valence-corrected chi connectivity index (χ2v) is 4.19. The molecule has 0 amide bonds. The summed E-state index contributed by atoms with van der Waals surface area (Å²) < 4.78 is 45.0. The van der Waals surface area contributed by atoms with E-state index in [1.807, 2.05) is 34.6 Å². The van der Waals surface area contributed by atoms with Gasteiger partial charge in [0.15, 0.2) is 0 Å². The molecule has 0 unspecified atom stereocenters. The molecule has 0 bridgehead atoms. The molecule has 0 aliphatic heterocycles. The molecule has 0 aliphatic carbocycles. The molecular formula is C16H24F3N3O2. The fourth-order valence-corrected chi connectivity index (χ4v) is 1.46. The van der Waals surface area contributed by atoms with Crippen molar-refractivity contribution in [2.75, 3.05) is 12.3 Å². The zero-order valence-electron chi connectivity index (χ0n) is 14.6. The summed E-state index contributed by atoms with van der Waals surface area (Å²) in [6.45, 7) is 8.10. The quantitative estimate of drug-likeness (QED) is 0.807. The van der Waals surface area contributed by atoms with Crippen LogP contribution in [0.1, 0.15) is 39.1 Å². The predicted molar refractivity (Wildman–Crippen MR) is 87.3 cm³/mol. The maximum Gasteiger partial charge on any atom is 0.411 e. The molecule has 8 heteroatoms. The van der Waals surface area contributed by atoms with E-state index in [2.05, 4.69) is 14.9 Å². The van der Waals surface area contributed by atoms with E-state index in [1.165, 1.54) is 0 Å². The molecule has 136 valence electrons. The van der Waals surface area contributed by atoms with E-state index in [-0.39, 0.29) is 11.7 Å². The monoisotopic (exact) mass is 347 g/mol. The normalized spacial score (nSPS) is 10.3. The van der Waals surface area contributed by atoms with Gasteiger partial charge in [0.25, 0.3) is 5.89 Å². The average Bonchev–Trinajstić information content (AvgIpc) is 3.01. The van der Waals surface area contributed by atoms with E-state index in [1.54, 1.807) is 18.2 Å². The Balaban J connectivity index is 0.00000123. The van der Waals surface area contributed by atoms with Gasteiger partial charge in [0, 0.05) is 11.3 Å². The summed E-state index contributed by atoms with van der Waals surface area (Å²) in [5, 5.41) is 3.67. The van der Waals surface area contributed by atoms with Gasteiger partial charge in [-0.05, 0) is 18.6 Å². The van der Waals surface area contributed by atoms with Crippen LogP contribution in [0.15, 0.2) is 22.7 Å². The zero-order valence-corrected chi connectivity index (χ0v) is 14.6. The van der Waals surface area contributed by atoms with Crippen molar-refractivity contribution in [1.29, 1.82) is 0 Å². The van der Waals surface area contributed by atoms with Gasteiger partial charge in [-0.1, -0.05) is 45.0 Å². The number of anilines is 1. The Morgan fingerprint density at radius 1 is 1.17 bits per heavy atom. The lowest BCUT2D eigenvalue weighted by Gasteiger charge is -2.04. The van der Waals surface area contributed by atoms with Crippen LogP contribution in [0.3, 0.4) is 0 Å². The molecule has 0 atom stereocenters. The Morgan fingerprint density at radius 3 is 2.33 bits per heavy atom. The Kier molecular flexibility index (Phi) is 9.71. The van der Waals surface area contributed by atoms with Crippen LogP contribution in [0.25, 0.3) is 11.4 Å². The minimum absolute atomic E-state index is 0.0246. The summed E-state index contributed by atoms with van der Waals surface area (Å²) in [4.78, 5) is 3.95. The van der Waals surface area contributed by atoms with Crippen molar-refractivity contribution in [1.82, 2.24) is 10.1 Å². The maximum absolute atomic E-state index is 11.9. The maximum atomic E-state index is 11.9. The largest absolute Gasteiger partial charge is 0.411 e. The van der Waals surface area contributed by atoms with E-state index >= 15 is 0 Å². The highest BCUT2D eigenvalue weighted by atomic mass is 19.4. The molecule has 24 heavy (non-hydrogen) atoms. The number of benzene rings is 1. The van der Waals surface area contributed by atoms with Crippen molar-refractivity contribution in [3.63, 3.8) is 0 Å². The van der Waals surface area contributed by atoms with Gasteiger partial charge in [-0.3, -0.25) is 0 Å². The fourth-order valence-electron chi connectivity index (χ4n) is 1.46. The third-order valence-corrected chi connectivity index (χ3v) is 2.50. The van der Waals surface area contributed by atoms with Crippen LogP contribution in [-0.4, -0.2) is 22.9 Å². The first kappa shape index (κ1) is 21.9. The molecule has 0 aliphatic rings. The van der Waals surface area contributed by atoms with E-state index in [0.29, 0.717) is 11.3 Å². The van der Waals surface area contributed by atoms with Crippen LogP contribution in [-0.2, 0) is 11.3 Å². The molecule has 0 radical (unpaired) electrons. The van der Waals surface area contributed by atoms with Crippen LogP contribution < -0.4 is 5.73 Å². The van der Waals surface area contributed by atoms with E-state index in [9.17, 15) is 13.2 Å². The molecule has 2 aromatic rings. The second kappa shape index (κ2) is 10.6. The standard InChI is InChI=1S/C12H12F3N3O2.2C2H6/c1-7-2-3-8(4-9(7)16)11-17-10(20-18-11)5-19-6-12(13,14)15;2*1-2/h2-4H,5-6,16H2,1H3;2*1-2H3. The molecule has 0 saturated carbocycles. The van der Waals surface area contributed by atoms with Gasteiger partial charge in [0.05, 0.1) is 0 Å². The first-order valence-corrected chi connectivity index (χ1v) is 7.69. The molecule has 1 heterocycles. The van der Waals surface area contributed by atoms with Crippen molar-refractivity contribution < 1.29 is 22.4 Å². The van der Waals surface area contributed by atoms with Gasteiger partial charge in [-0.2, -0.15) is 18.2 Å². The predicted octanol–water partition coefficient (Wildman–Crippen LogP) is 4.76. The summed E-state index contributed by atoms with van der Waals surface area (Å²) in [6, 6.07) is 5.21.